The molecule has 2 heterocycles. The van der Waals surface area contributed by atoms with Gasteiger partial charge in [-0.3, -0.25) is 9.69 Å². The Morgan fingerprint density at radius 2 is 2.15 bits per heavy atom. The van der Waals surface area contributed by atoms with Crippen LogP contribution in [0.4, 0.5) is 5.13 Å². The van der Waals surface area contributed by atoms with Crippen molar-refractivity contribution in [2.75, 3.05) is 6.54 Å². The minimum Gasteiger partial charge on any atom is -0.478 e. The van der Waals surface area contributed by atoms with E-state index in [4.69, 9.17) is 0 Å². The third-order valence-corrected chi connectivity index (χ3v) is 5.47. The molecule has 1 amide bonds. The fourth-order valence-corrected chi connectivity index (χ4v) is 4.16. The topological polar surface area (TPSA) is 82.9 Å². The molecule has 0 radical (unpaired) electrons. The van der Waals surface area contributed by atoms with E-state index in [1.807, 2.05) is 19.2 Å². The van der Waals surface area contributed by atoms with Crippen LogP contribution in [0.25, 0.3) is 6.08 Å². The standard InChI is InChI=1S/C18H17N3O3S2/c1-3-8-21-15(22)14(9-12-6-4-5-7-13(12)16(23)24)26-18(21)20-17-19-11(2)10-25-17/h4-7,9-10H,3,8H2,1-2H3,(H,23,24)/b14-9+,20-18+. The lowest BCUT2D eigenvalue weighted by molar-refractivity contribution is -0.122. The number of amides is 1. The number of aryl methyl sites for hydroxylation is 1. The van der Waals surface area contributed by atoms with Crippen LogP contribution in [0.15, 0.2) is 39.5 Å². The van der Waals surface area contributed by atoms with Crippen LogP contribution in [0.5, 0.6) is 0 Å². The summed E-state index contributed by atoms with van der Waals surface area (Å²) in [6, 6.07) is 6.62. The second-order valence-corrected chi connectivity index (χ2v) is 7.47. The average molecular weight is 387 g/mol. The highest BCUT2D eigenvalue weighted by Crippen LogP contribution is 2.35. The summed E-state index contributed by atoms with van der Waals surface area (Å²) >= 11 is 2.67. The third-order valence-electron chi connectivity index (χ3n) is 3.61. The number of carbonyl (C=O) groups is 2. The Labute approximate surface area is 159 Å². The Balaban J connectivity index is 1.98. The van der Waals surface area contributed by atoms with Crippen molar-refractivity contribution in [3.8, 4) is 0 Å². The molecule has 134 valence electrons. The van der Waals surface area contributed by atoms with Crippen molar-refractivity contribution < 1.29 is 14.7 Å². The van der Waals surface area contributed by atoms with E-state index in [1.165, 1.54) is 29.2 Å². The minimum atomic E-state index is -1.02. The van der Waals surface area contributed by atoms with Gasteiger partial charge >= 0.3 is 5.97 Å². The smallest absolute Gasteiger partial charge is 0.336 e. The highest BCUT2D eigenvalue weighted by atomic mass is 32.2. The second kappa shape index (κ2) is 7.84. The summed E-state index contributed by atoms with van der Waals surface area (Å²) in [7, 11) is 0. The van der Waals surface area contributed by atoms with Crippen LogP contribution >= 0.6 is 23.1 Å². The number of benzene rings is 1. The van der Waals surface area contributed by atoms with Gasteiger partial charge in [-0.1, -0.05) is 25.1 Å². The minimum absolute atomic E-state index is 0.163. The van der Waals surface area contributed by atoms with Gasteiger partial charge in [-0.05, 0) is 42.8 Å². The molecule has 3 rings (SSSR count). The number of aromatic carboxylic acids is 1. The highest BCUT2D eigenvalue weighted by Gasteiger charge is 2.33. The van der Waals surface area contributed by atoms with Gasteiger partial charge in [0.2, 0.25) is 5.13 Å². The molecule has 0 spiro atoms. The van der Waals surface area contributed by atoms with Gasteiger partial charge in [0.05, 0.1) is 16.2 Å². The Kier molecular flexibility index (Phi) is 5.53. The predicted molar refractivity (Wildman–Crippen MR) is 105 cm³/mol. The SMILES string of the molecule is CCCN1C(=O)/C(=C\c2ccccc2C(=O)O)S/C1=N/c1nc(C)cs1. The molecular formula is C18H17N3O3S2. The molecule has 1 N–H and O–H groups in total. The number of hydrogen-bond acceptors (Lipinski definition) is 6. The van der Waals surface area contributed by atoms with Crippen molar-refractivity contribution in [3.63, 3.8) is 0 Å². The monoisotopic (exact) mass is 387 g/mol. The zero-order valence-electron chi connectivity index (χ0n) is 14.3. The van der Waals surface area contributed by atoms with Crippen LogP contribution in [0.3, 0.4) is 0 Å². The van der Waals surface area contributed by atoms with Crippen molar-refractivity contribution in [2.24, 2.45) is 4.99 Å². The second-order valence-electron chi connectivity index (χ2n) is 5.63. The molecular weight excluding hydrogens is 370 g/mol. The van der Waals surface area contributed by atoms with Crippen molar-refractivity contribution in [2.45, 2.75) is 20.3 Å². The molecule has 1 saturated heterocycles. The summed E-state index contributed by atoms with van der Waals surface area (Å²) in [5.41, 5.74) is 1.55. The molecule has 0 aliphatic carbocycles. The molecule has 1 aromatic heterocycles. The molecule has 0 saturated carbocycles. The van der Waals surface area contributed by atoms with Crippen LogP contribution in [0, 0.1) is 6.92 Å². The van der Waals surface area contributed by atoms with Crippen LogP contribution in [0.1, 0.15) is 35.0 Å². The molecule has 0 unspecified atom stereocenters. The van der Waals surface area contributed by atoms with Crippen molar-refractivity contribution in [1.82, 2.24) is 9.88 Å². The number of hydrogen-bond donors (Lipinski definition) is 1. The zero-order valence-corrected chi connectivity index (χ0v) is 15.9. The first-order chi connectivity index (χ1) is 12.5. The lowest BCUT2D eigenvalue weighted by Gasteiger charge is -2.13. The third kappa shape index (κ3) is 3.86. The van der Waals surface area contributed by atoms with Gasteiger partial charge in [0.15, 0.2) is 5.17 Å². The quantitative estimate of drug-likeness (QED) is 0.779. The Bertz CT molecular complexity index is 918. The molecule has 0 bridgehead atoms. The summed E-state index contributed by atoms with van der Waals surface area (Å²) in [5.74, 6) is -1.19. The van der Waals surface area contributed by atoms with Gasteiger partial charge in [0.25, 0.3) is 5.91 Å². The Morgan fingerprint density at radius 1 is 1.38 bits per heavy atom. The molecule has 0 atom stereocenters. The maximum atomic E-state index is 12.8. The highest BCUT2D eigenvalue weighted by molar-refractivity contribution is 8.18. The number of carbonyl (C=O) groups excluding carboxylic acids is 1. The van der Waals surface area contributed by atoms with Crippen molar-refractivity contribution in [3.05, 3.63) is 51.4 Å². The van der Waals surface area contributed by atoms with Crippen LogP contribution in [0.2, 0.25) is 0 Å². The summed E-state index contributed by atoms with van der Waals surface area (Å²) in [5, 5.41) is 12.4. The van der Waals surface area contributed by atoms with Gasteiger partial charge in [-0.25, -0.2) is 9.78 Å². The van der Waals surface area contributed by atoms with E-state index >= 15 is 0 Å². The van der Waals surface area contributed by atoms with Crippen LogP contribution < -0.4 is 0 Å². The molecule has 6 nitrogen and oxygen atoms in total. The number of aliphatic imine (C=N–C) groups is 1. The molecule has 2 aromatic rings. The zero-order chi connectivity index (χ0) is 18.7. The Hall–Kier alpha value is -2.45. The van der Waals surface area contributed by atoms with Gasteiger partial charge in [-0.15, -0.1) is 11.3 Å². The van der Waals surface area contributed by atoms with Crippen LogP contribution in [-0.4, -0.2) is 38.6 Å². The van der Waals surface area contributed by atoms with Gasteiger partial charge in [-0.2, -0.15) is 4.99 Å². The number of aromatic nitrogens is 1. The van der Waals surface area contributed by atoms with Crippen LogP contribution in [-0.2, 0) is 4.79 Å². The number of carboxylic acid groups (broad SMARTS) is 1. The van der Waals surface area contributed by atoms with E-state index in [-0.39, 0.29) is 11.5 Å². The van der Waals surface area contributed by atoms with E-state index in [9.17, 15) is 14.7 Å². The Morgan fingerprint density at radius 3 is 2.81 bits per heavy atom. The molecule has 1 aliphatic rings. The molecule has 26 heavy (non-hydrogen) atoms. The number of rotatable bonds is 5. The number of amidine groups is 1. The van der Waals surface area contributed by atoms with E-state index in [1.54, 1.807) is 29.2 Å². The average Bonchev–Trinajstić information content (AvgIpc) is 3.14. The first kappa shape index (κ1) is 18.3. The fraction of sp³-hybridized carbons (Fsp3) is 0.222. The number of thiazole rings is 1. The van der Waals surface area contributed by atoms with Crippen molar-refractivity contribution in [1.29, 1.82) is 0 Å². The molecule has 1 fully saturated rings. The lowest BCUT2D eigenvalue weighted by Crippen LogP contribution is -2.29. The summed E-state index contributed by atoms with van der Waals surface area (Å²) in [6.07, 6.45) is 2.41. The molecule has 8 heteroatoms. The normalized spacial score (nSPS) is 17.5. The van der Waals surface area contributed by atoms with E-state index in [2.05, 4.69) is 9.98 Å². The summed E-state index contributed by atoms with van der Waals surface area (Å²) < 4.78 is 0. The first-order valence-electron chi connectivity index (χ1n) is 8.04. The molecule has 1 aliphatic heterocycles. The number of thioether (sulfide) groups is 1. The van der Waals surface area contributed by atoms with E-state index < -0.39 is 5.97 Å². The number of nitrogens with zero attached hydrogens (tertiary/aromatic N) is 3. The largest absolute Gasteiger partial charge is 0.478 e. The first-order valence-corrected chi connectivity index (χ1v) is 9.73. The van der Waals surface area contributed by atoms with E-state index in [0.717, 1.165) is 12.1 Å². The maximum Gasteiger partial charge on any atom is 0.336 e. The number of carboxylic acids is 1. The summed E-state index contributed by atoms with van der Waals surface area (Å²) in [4.78, 5) is 35.1. The lowest BCUT2D eigenvalue weighted by atomic mass is 10.1. The van der Waals surface area contributed by atoms with Gasteiger partial charge in [0.1, 0.15) is 0 Å². The molecule has 1 aromatic carbocycles. The van der Waals surface area contributed by atoms with Gasteiger partial charge in [0, 0.05) is 11.9 Å². The predicted octanol–water partition coefficient (Wildman–Crippen LogP) is 4.16. The van der Waals surface area contributed by atoms with Crippen molar-refractivity contribution >= 4 is 51.4 Å². The summed E-state index contributed by atoms with van der Waals surface area (Å²) in [6.45, 7) is 4.43. The maximum absolute atomic E-state index is 12.8. The fourth-order valence-electron chi connectivity index (χ4n) is 2.45. The van der Waals surface area contributed by atoms with Gasteiger partial charge < -0.3 is 5.11 Å². The van der Waals surface area contributed by atoms with E-state index in [0.29, 0.717) is 27.3 Å².